The molecule has 0 spiro atoms. The maximum absolute atomic E-state index is 13.4. The molecule has 29 heavy (non-hydrogen) atoms. The van der Waals surface area contributed by atoms with Crippen LogP contribution in [0.2, 0.25) is 0 Å². The number of halogens is 5. The van der Waals surface area contributed by atoms with Gasteiger partial charge >= 0.3 is 6.18 Å². The summed E-state index contributed by atoms with van der Waals surface area (Å²) in [6.07, 6.45) is -4.72. The first-order valence-electron chi connectivity index (χ1n) is 8.10. The molecule has 1 fully saturated rings. The fourth-order valence-corrected chi connectivity index (χ4v) is 2.70. The van der Waals surface area contributed by atoms with E-state index in [2.05, 4.69) is 4.74 Å². The van der Waals surface area contributed by atoms with E-state index in [9.17, 15) is 36.6 Å². The second-order valence-corrected chi connectivity index (χ2v) is 6.07. The van der Waals surface area contributed by atoms with Gasteiger partial charge in [0.05, 0.1) is 17.7 Å². The fourth-order valence-electron chi connectivity index (χ4n) is 2.70. The number of aliphatic hydroxyl groups is 1. The first-order valence-corrected chi connectivity index (χ1v) is 8.10. The number of carbonyl (C=O) groups is 2. The van der Waals surface area contributed by atoms with Crippen molar-refractivity contribution >= 4 is 23.1 Å². The van der Waals surface area contributed by atoms with Crippen molar-refractivity contribution in [1.29, 1.82) is 0 Å². The Labute approximate surface area is 160 Å². The number of ketones is 1. The van der Waals surface area contributed by atoms with Gasteiger partial charge in [0.2, 0.25) is 0 Å². The number of amides is 1. The number of benzene rings is 2. The third kappa shape index (κ3) is 4.36. The number of hydrogen-bond donors (Lipinski definition) is 1. The van der Waals surface area contributed by atoms with Crippen molar-refractivity contribution in [1.82, 2.24) is 0 Å². The molecule has 5 nitrogen and oxygen atoms in total. The zero-order chi connectivity index (χ0) is 21.3. The molecule has 1 aliphatic heterocycles. The van der Waals surface area contributed by atoms with Crippen LogP contribution in [0.25, 0.3) is 5.76 Å². The molecule has 0 aliphatic carbocycles. The first kappa shape index (κ1) is 20.3. The second-order valence-electron chi connectivity index (χ2n) is 6.07. The van der Waals surface area contributed by atoms with Crippen LogP contribution in [0.3, 0.4) is 0 Å². The normalized spacial score (nSPS) is 16.4. The zero-order valence-electron chi connectivity index (χ0n) is 14.5. The third-order valence-corrected chi connectivity index (χ3v) is 4.04. The lowest BCUT2D eigenvalue weighted by Gasteiger charge is -2.15. The Hall–Kier alpha value is -3.43. The van der Waals surface area contributed by atoms with Crippen molar-refractivity contribution in [2.24, 2.45) is 0 Å². The van der Waals surface area contributed by atoms with Crippen LogP contribution in [0, 0.1) is 11.6 Å². The quantitative estimate of drug-likeness (QED) is 0.359. The van der Waals surface area contributed by atoms with Gasteiger partial charge in [0.15, 0.2) is 6.61 Å². The van der Waals surface area contributed by atoms with Gasteiger partial charge in [-0.2, -0.15) is 13.2 Å². The molecule has 1 saturated heterocycles. The molecule has 3 rings (SSSR count). The first-order chi connectivity index (χ1) is 13.6. The number of Topliss-reactive ketones (excluding diaryl/α,β-unsaturated/α-hetero) is 1. The minimum Gasteiger partial charge on any atom is -0.507 e. The summed E-state index contributed by atoms with van der Waals surface area (Å²) in [7, 11) is 0. The number of carbonyl (C=O) groups excluding carboxylic acids is 2. The van der Waals surface area contributed by atoms with E-state index in [1.54, 1.807) is 0 Å². The topological polar surface area (TPSA) is 66.8 Å². The van der Waals surface area contributed by atoms with Crippen LogP contribution in [0.4, 0.5) is 27.6 Å². The van der Waals surface area contributed by atoms with E-state index >= 15 is 0 Å². The molecule has 0 atom stereocenters. The molecule has 0 unspecified atom stereocenters. The summed E-state index contributed by atoms with van der Waals surface area (Å²) in [5.74, 6) is -5.07. The van der Waals surface area contributed by atoms with Crippen LogP contribution in [-0.2, 0) is 9.59 Å². The lowest BCUT2D eigenvalue weighted by Crippen LogP contribution is -2.26. The SMILES string of the molecule is O=C1C(=O)N(c2ccc(F)cc2)C/C1=C(/O)c1ccc(F)cc1OCC(F)(F)F. The van der Waals surface area contributed by atoms with E-state index < -0.39 is 59.7 Å². The van der Waals surface area contributed by atoms with Crippen molar-refractivity contribution < 1.29 is 41.4 Å². The van der Waals surface area contributed by atoms with Gasteiger partial charge in [-0.3, -0.25) is 9.59 Å². The second kappa shape index (κ2) is 7.53. The summed E-state index contributed by atoms with van der Waals surface area (Å²) >= 11 is 0. The van der Waals surface area contributed by atoms with Crippen LogP contribution >= 0.6 is 0 Å². The molecular weight excluding hydrogens is 401 g/mol. The summed E-state index contributed by atoms with van der Waals surface area (Å²) in [5.41, 5.74) is -0.615. The van der Waals surface area contributed by atoms with Crippen LogP contribution in [0.1, 0.15) is 5.56 Å². The summed E-state index contributed by atoms with van der Waals surface area (Å²) in [6, 6.07) is 7.03. The molecule has 1 aliphatic rings. The summed E-state index contributed by atoms with van der Waals surface area (Å²) < 4.78 is 68.3. The van der Waals surface area contributed by atoms with E-state index in [-0.39, 0.29) is 11.3 Å². The molecule has 1 amide bonds. The van der Waals surface area contributed by atoms with Crippen molar-refractivity contribution in [2.45, 2.75) is 6.18 Å². The van der Waals surface area contributed by atoms with Gasteiger partial charge in [0.25, 0.3) is 11.7 Å². The number of ether oxygens (including phenoxy) is 1. The number of hydrogen-bond acceptors (Lipinski definition) is 4. The van der Waals surface area contributed by atoms with Gasteiger partial charge in [-0.1, -0.05) is 0 Å². The Bertz CT molecular complexity index is 999. The number of nitrogens with zero attached hydrogens (tertiary/aromatic N) is 1. The number of rotatable bonds is 4. The zero-order valence-corrected chi connectivity index (χ0v) is 14.5. The van der Waals surface area contributed by atoms with E-state index in [1.165, 1.54) is 12.1 Å². The minimum absolute atomic E-state index is 0.181. The van der Waals surface area contributed by atoms with E-state index in [0.29, 0.717) is 6.07 Å². The maximum atomic E-state index is 13.4. The van der Waals surface area contributed by atoms with E-state index in [4.69, 9.17) is 0 Å². The molecule has 2 aromatic rings. The van der Waals surface area contributed by atoms with E-state index in [0.717, 1.165) is 29.2 Å². The van der Waals surface area contributed by atoms with Gasteiger partial charge in [0, 0.05) is 11.8 Å². The number of anilines is 1. The largest absolute Gasteiger partial charge is 0.507 e. The molecule has 0 aromatic heterocycles. The van der Waals surface area contributed by atoms with E-state index in [1.807, 2.05) is 0 Å². The van der Waals surface area contributed by atoms with Crippen LogP contribution in [0.15, 0.2) is 48.0 Å². The van der Waals surface area contributed by atoms with Crippen LogP contribution in [-0.4, -0.2) is 36.1 Å². The molecule has 1 N–H and O–H groups in total. The molecule has 0 radical (unpaired) electrons. The highest BCUT2D eigenvalue weighted by Crippen LogP contribution is 2.32. The molecular formula is C19H12F5NO4. The summed E-state index contributed by atoms with van der Waals surface area (Å²) in [4.78, 5) is 25.5. The number of alkyl halides is 3. The van der Waals surface area contributed by atoms with Gasteiger partial charge in [-0.15, -0.1) is 0 Å². The monoisotopic (exact) mass is 413 g/mol. The standard InChI is InChI=1S/C19H12F5NO4/c20-10-1-4-12(5-2-10)25-8-14(17(27)18(25)28)16(26)13-6-3-11(21)7-15(13)29-9-19(22,23)24/h1-7,26H,8-9H2/b16-14-. The van der Waals surface area contributed by atoms with Gasteiger partial charge < -0.3 is 14.7 Å². The molecule has 152 valence electrons. The molecule has 1 heterocycles. The highest BCUT2D eigenvalue weighted by atomic mass is 19.4. The molecule has 0 saturated carbocycles. The molecule has 10 heteroatoms. The number of aliphatic hydroxyl groups excluding tert-OH is 1. The summed E-state index contributed by atoms with van der Waals surface area (Å²) in [6.45, 7) is -2.16. The highest BCUT2D eigenvalue weighted by Gasteiger charge is 2.38. The predicted molar refractivity (Wildman–Crippen MR) is 91.3 cm³/mol. The van der Waals surface area contributed by atoms with Gasteiger partial charge in [-0.05, 0) is 36.4 Å². The van der Waals surface area contributed by atoms with Crippen molar-refractivity contribution in [3.05, 3.63) is 65.2 Å². The van der Waals surface area contributed by atoms with Gasteiger partial charge in [-0.25, -0.2) is 8.78 Å². The summed E-state index contributed by atoms with van der Waals surface area (Å²) in [5, 5.41) is 10.5. The molecule has 0 bridgehead atoms. The highest BCUT2D eigenvalue weighted by molar-refractivity contribution is 6.51. The lowest BCUT2D eigenvalue weighted by molar-refractivity contribution is -0.153. The Morgan fingerprint density at radius 2 is 1.66 bits per heavy atom. The average molecular weight is 413 g/mol. The van der Waals surface area contributed by atoms with Crippen molar-refractivity contribution in [3.63, 3.8) is 0 Å². The Morgan fingerprint density at radius 1 is 1.03 bits per heavy atom. The van der Waals surface area contributed by atoms with Crippen LogP contribution < -0.4 is 9.64 Å². The Kier molecular flexibility index (Phi) is 5.27. The third-order valence-electron chi connectivity index (χ3n) is 4.04. The van der Waals surface area contributed by atoms with Crippen molar-refractivity contribution in [2.75, 3.05) is 18.1 Å². The average Bonchev–Trinajstić information content (AvgIpc) is 2.95. The maximum Gasteiger partial charge on any atom is 0.422 e. The molecule has 2 aromatic carbocycles. The lowest BCUT2D eigenvalue weighted by atomic mass is 10.1. The van der Waals surface area contributed by atoms with Gasteiger partial charge in [0.1, 0.15) is 23.1 Å². The van der Waals surface area contributed by atoms with Crippen molar-refractivity contribution in [3.8, 4) is 5.75 Å². The van der Waals surface area contributed by atoms with Crippen LogP contribution in [0.5, 0.6) is 5.75 Å². The Balaban J connectivity index is 1.98. The smallest absolute Gasteiger partial charge is 0.422 e. The fraction of sp³-hybridized carbons (Fsp3) is 0.158. The Morgan fingerprint density at radius 3 is 2.28 bits per heavy atom. The predicted octanol–water partition coefficient (Wildman–Crippen LogP) is 3.79. The minimum atomic E-state index is -4.72.